The zero-order valence-corrected chi connectivity index (χ0v) is 10.4. The lowest BCUT2D eigenvalue weighted by Crippen LogP contribution is -2.11. The third-order valence-electron chi connectivity index (χ3n) is 2.82. The molecule has 4 heteroatoms. The molecule has 1 heterocycles. The van der Waals surface area contributed by atoms with Gasteiger partial charge in [-0.1, -0.05) is 12.1 Å². The molecule has 2 N–H and O–H groups in total. The van der Waals surface area contributed by atoms with Gasteiger partial charge in [0.05, 0.1) is 6.04 Å². The van der Waals surface area contributed by atoms with Crippen LogP contribution in [0.25, 0.3) is 0 Å². The number of furan rings is 1. The van der Waals surface area contributed by atoms with Gasteiger partial charge in [-0.05, 0) is 36.2 Å². The van der Waals surface area contributed by atoms with E-state index in [9.17, 15) is 4.39 Å². The summed E-state index contributed by atoms with van der Waals surface area (Å²) < 4.78 is 23.7. The van der Waals surface area contributed by atoms with E-state index in [4.69, 9.17) is 14.9 Å². The molecule has 0 aliphatic rings. The number of methoxy groups -OCH3 is 1. The second-order valence-corrected chi connectivity index (χ2v) is 4.22. The Morgan fingerprint density at radius 2 is 2.11 bits per heavy atom. The van der Waals surface area contributed by atoms with Crippen molar-refractivity contribution in [3.8, 4) is 0 Å². The van der Waals surface area contributed by atoms with Crippen LogP contribution < -0.4 is 5.73 Å². The highest BCUT2D eigenvalue weighted by molar-refractivity contribution is 5.31. The molecule has 1 atom stereocenters. The maximum atomic E-state index is 13.2. The largest absolute Gasteiger partial charge is 0.462 e. The third-order valence-corrected chi connectivity index (χ3v) is 2.82. The van der Waals surface area contributed by atoms with E-state index in [0.717, 1.165) is 11.3 Å². The molecular weight excluding hydrogens is 233 g/mol. The second-order valence-electron chi connectivity index (χ2n) is 4.22. The van der Waals surface area contributed by atoms with Crippen LogP contribution in [0.2, 0.25) is 0 Å². The SMILES string of the molecule is COCc1ccc(C(N)c2ccc(F)c(C)c2)o1. The molecule has 0 amide bonds. The van der Waals surface area contributed by atoms with Crippen molar-refractivity contribution < 1.29 is 13.5 Å². The summed E-state index contributed by atoms with van der Waals surface area (Å²) >= 11 is 0. The van der Waals surface area contributed by atoms with Crippen LogP contribution in [0.3, 0.4) is 0 Å². The van der Waals surface area contributed by atoms with Crippen LogP contribution in [0, 0.1) is 12.7 Å². The summed E-state index contributed by atoms with van der Waals surface area (Å²) in [5, 5.41) is 0. The lowest BCUT2D eigenvalue weighted by molar-refractivity contribution is 0.162. The minimum Gasteiger partial charge on any atom is -0.462 e. The normalized spacial score (nSPS) is 12.7. The molecule has 2 rings (SSSR count). The number of aryl methyl sites for hydroxylation is 1. The number of rotatable bonds is 4. The summed E-state index contributed by atoms with van der Waals surface area (Å²) in [6.45, 7) is 2.12. The van der Waals surface area contributed by atoms with Gasteiger partial charge in [-0.25, -0.2) is 4.39 Å². The van der Waals surface area contributed by atoms with Gasteiger partial charge in [-0.2, -0.15) is 0 Å². The van der Waals surface area contributed by atoms with Gasteiger partial charge in [0, 0.05) is 7.11 Å². The molecule has 2 aromatic rings. The molecule has 96 valence electrons. The van der Waals surface area contributed by atoms with Crippen molar-refractivity contribution in [2.75, 3.05) is 7.11 Å². The molecule has 0 saturated heterocycles. The van der Waals surface area contributed by atoms with Crippen molar-refractivity contribution >= 4 is 0 Å². The van der Waals surface area contributed by atoms with Gasteiger partial charge >= 0.3 is 0 Å². The van der Waals surface area contributed by atoms with Crippen LogP contribution in [0.4, 0.5) is 4.39 Å². The standard InChI is InChI=1S/C14H16FNO2/c1-9-7-10(3-5-12(9)15)14(16)13-6-4-11(18-13)8-17-2/h3-7,14H,8,16H2,1-2H3. The van der Waals surface area contributed by atoms with Gasteiger partial charge in [0.15, 0.2) is 0 Å². The fourth-order valence-electron chi connectivity index (χ4n) is 1.81. The molecule has 0 saturated carbocycles. The van der Waals surface area contributed by atoms with Gasteiger partial charge in [-0.15, -0.1) is 0 Å². The summed E-state index contributed by atoms with van der Waals surface area (Å²) in [4.78, 5) is 0. The Labute approximate surface area is 105 Å². The first-order valence-corrected chi connectivity index (χ1v) is 5.71. The zero-order valence-electron chi connectivity index (χ0n) is 10.4. The molecule has 0 aliphatic heterocycles. The van der Waals surface area contributed by atoms with Crippen molar-refractivity contribution in [2.45, 2.75) is 19.6 Å². The van der Waals surface area contributed by atoms with Gasteiger partial charge in [0.1, 0.15) is 23.9 Å². The monoisotopic (exact) mass is 249 g/mol. The zero-order chi connectivity index (χ0) is 13.1. The molecule has 0 aliphatic carbocycles. The Morgan fingerprint density at radius 1 is 1.33 bits per heavy atom. The van der Waals surface area contributed by atoms with Crippen molar-refractivity contribution in [1.29, 1.82) is 0 Å². The molecule has 0 radical (unpaired) electrons. The lowest BCUT2D eigenvalue weighted by Gasteiger charge is -2.10. The Kier molecular flexibility index (Phi) is 3.79. The maximum Gasteiger partial charge on any atom is 0.129 e. The molecule has 0 bridgehead atoms. The number of ether oxygens (including phenoxy) is 1. The van der Waals surface area contributed by atoms with Gasteiger partial charge < -0.3 is 14.9 Å². The highest BCUT2D eigenvalue weighted by Gasteiger charge is 2.14. The van der Waals surface area contributed by atoms with Crippen molar-refractivity contribution in [3.63, 3.8) is 0 Å². The summed E-state index contributed by atoms with van der Waals surface area (Å²) in [5.41, 5.74) is 7.49. The van der Waals surface area contributed by atoms with E-state index < -0.39 is 6.04 Å². The van der Waals surface area contributed by atoms with E-state index in [-0.39, 0.29) is 5.82 Å². The maximum absolute atomic E-state index is 13.2. The molecule has 1 aromatic heterocycles. The van der Waals surface area contributed by atoms with Crippen LogP contribution in [0.15, 0.2) is 34.7 Å². The average molecular weight is 249 g/mol. The van der Waals surface area contributed by atoms with E-state index in [2.05, 4.69) is 0 Å². The predicted molar refractivity (Wildman–Crippen MR) is 66.6 cm³/mol. The molecular formula is C14H16FNO2. The number of hydrogen-bond acceptors (Lipinski definition) is 3. The minimum atomic E-state index is -0.394. The first-order chi connectivity index (χ1) is 8.61. The first-order valence-electron chi connectivity index (χ1n) is 5.71. The highest BCUT2D eigenvalue weighted by Crippen LogP contribution is 2.23. The minimum absolute atomic E-state index is 0.231. The van der Waals surface area contributed by atoms with Gasteiger partial charge in [-0.3, -0.25) is 0 Å². The average Bonchev–Trinajstić information content (AvgIpc) is 2.81. The topological polar surface area (TPSA) is 48.4 Å². The van der Waals surface area contributed by atoms with Crippen LogP contribution in [0.5, 0.6) is 0 Å². The Hall–Kier alpha value is -1.65. The van der Waals surface area contributed by atoms with Crippen molar-refractivity contribution in [3.05, 3.63) is 58.8 Å². The summed E-state index contributed by atoms with van der Waals surface area (Å²) in [6, 6.07) is 8.08. The Morgan fingerprint density at radius 3 is 2.78 bits per heavy atom. The molecule has 1 aromatic carbocycles. The predicted octanol–water partition coefficient (Wildman–Crippen LogP) is 2.92. The van der Waals surface area contributed by atoms with Crippen LogP contribution in [0.1, 0.15) is 28.7 Å². The summed E-state index contributed by atoms with van der Waals surface area (Å²) in [6.07, 6.45) is 0. The molecule has 0 spiro atoms. The molecule has 3 nitrogen and oxygen atoms in total. The highest BCUT2D eigenvalue weighted by atomic mass is 19.1. The molecule has 18 heavy (non-hydrogen) atoms. The second kappa shape index (κ2) is 5.33. The van der Waals surface area contributed by atoms with E-state index in [1.54, 1.807) is 26.2 Å². The van der Waals surface area contributed by atoms with E-state index in [0.29, 0.717) is 17.9 Å². The van der Waals surface area contributed by atoms with Gasteiger partial charge in [0.25, 0.3) is 0 Å². The van der Waals surface area contributed by atoms with Crippen molar-refractivity contribution in [1.82, 2.24) is 0 Å². The molecule has 0 fully saturated rings. The van der Waals surface area contributed by atoms with Crippen LogP contribution >= 0.6 is 0 Å². The van der Waals surface area contributed by atoms with E-state index in [1.165, 1.54) is 6.07 Å². The first kappa shape index (κ1) is 12.8. The number of benzene rings is 1. The number of nitrogens with two attached hydrogens (primary N) is 1. The Bertz CT molecular complexity index is 536. The van der Waals surface area contributed by atoms with E-state index >= 15 is 0 Å². The van der Waals surface area contributed by atoms with E-state index in [1.807, 2.05) is 12.1 Å². The Balaban J connectivity index is 2.23. The van der Waals surface area contributed by atoms with Crippen molar-refractivity contribution in [2.24, 2.45) is 5.73 Å². The van der Waals surface area contributed by atoms with Crippen LogP contribution in [-0.2, 0) is 11.3 Å². The third kappa shape index (κ3) is 2.60. The fraction of sp³-hybridized carbons (Fsp3) is 0.286. The quantitative estimate of drug-likeness (QED) is 0.906. The lowest BCUT2D eigenvalue weighted by atomic mass is 10.0. The molecule has 1 unspecified atom stereocenters. The summed E-state index contributed by atoms with van der Waals surface area (Å²) in [5.74, 6) is 1.14. The number of hydrogen-bond donors (Lipinski definition) is 1. The fourth-order valence-corrected chi connectivity index (χ4v) is 1.81. The smallest absolute Gasteiger partial charge is 0.129 e. The summed E-state index contributed by atoms with van der Waals surface area (Å²) in [7, 11) is 1.60. The van der Waals surface area contributed by atoms with Crippen LogP contribution in [-0.4, -0.2) is 7.11 Å². The van der Waals surface area contributed by atoms with Gasteiger partial charge in [0.2, 0.25) is 0 Å². The number of halogens is 1.